The van der Waals surface area contributed by atoms with Gasteiger partial charge in [-0.3, -0.25) is 4.79 Å². The Balaban J connectivity index is 1.53. The third kappa shape index (κ3) is 5.81. The first-order valence-electron chi connectivity index (χ1n) is 9.86. The normalized spacial score (nSPS) is 15.4. The van der Waals surface area contributed by atoms with Crippen molar-refractivity contribution in [2.24, 2.45) is 16.5 Å². The highest BCUT2D eigenvalue weighted by Gasteiger charge is 2.33. The van der Waals surface area contributed by atoms with Crippen LogP contribution in [0.5, 0.6) is 5.75 Å². The molecule has 1 fully saturated rings. The molecule has 0 bridgehead atoms. The van der Waals surface area contributed by atoms with E-state index in [2.05, 4.69) is 4.99 Å². The van der Waals surface area contributed by atoms with Gasteiger partial charge in [0.25, 0.3) is 0 Å². The molecule has 0 aliphatic carbocycles. The Morgan fingerprint density at radius 3 is 2.35 bits per heavy atom. The monoisotopic (exact) mass is 424 g/mol. The van der Waals surface area contributed by atoms with Crippen LogP contribution in [0.25, 0.3) is 0 Å². The number of hydrogen-bond donors (Lipinski definition) is 3. The number of aliphatic carboxylic acids is 1. The first kappa shape index (κ1) is 21.8. The smallest absolute Gasteiger partial charge is 0.343 e. The number of carboxylic acids is 1. The van der Waals surface area contributed by atoms with E-state index >= 15 is 0 Å². The largest absolute Gasteiger partial charge is 0.480 e. The maximum atomic E-state index is 12.4. The van der Waals surface area contributed by atoms with Gasteiger partial charge in [0.1, 0.15) is 11.8 Å². The zero-order valence-corrected chi connectivity index (χ0v) is 16.9. The maximum absolute atomic E-state index is 12.4. The van der Waals surface area contributed by atoms with E-state index < -0.39 is 18.0 Å². The second kappa shape index (κ2) is 9.75. The fraction of sp³-hybridized carbons (Fsp3) is 0.273. The highest BCUT2D eigenvalue weighted by Crippen LogP contribution is 2.20. The highest BCUT2D eigenvalue weighted by molar-refractivity contribution is 5.91. The number of nitrogens with two attached hydrogens (primary N) is 2. The summed E-state index contributed by atoms with van der Waals surface area (Å²) in [7, 11) is 0. The van der Waals surface area contributed by atoms with Gasteiger partial charge in [-0.2, -0.15) is 0 Å². The van der Waals surface area contributed by atoms with E-state index in [9.17, 15) is 19.5 Å². The molecule has 1 amide bonds. The van der Waals surface area contributed by atoms with Crippen LogP contribution in [0.1, 0.15) is 35.2 Å². The number of hydrogen-bond acceptors (Lipinski definition) is 5. The molecule has 0 unspecified atom stereocenters. The number of aliphatic imine (C=N–C) groups is 1. The van der Waals surface area contributed by atoms with Gasteiger partial charge in [0, 0.05) is 13.0 Å². The molecule has 31 heavy (non-hydrogen) atoms. The molecule has 9 heteroatoms. The molecule has 0 aromatic heterocycles. The van der Waals surface area contributed by atoms with Gasteiger partial charge in [0.15, 0.2) is 5.96 Å². The average Bonchev–Trinajstić information content (AvgIpc) is 3.23. The van der Waals surface area contributed by atoms with Gasteiger partial charge in [-0.1, -0.05) is 12.1 Å². The van der Waals surface area contributed by atoms with Gasteiger partial charge in [0.05, 0.1) is 11.3 Å². The standard InChI is InChI=1S/C22H24N4O5/c23-22(24)25-16-8-6-15(7-9-16)21(30)31-17-10-3-14(4-11-17)5-12-19(27)26-13-1-2-18(26)20(28)29/h3-4,6-11,18H,1-2,5,12-13H2,(H,28,29)(H4,23,24,25)/t18-/m1/s1. The number of guanidine groups is 1. The number of carbonyl (C=O) groups is 3. The molecule has 1 saturated heterocycles. The second-order valence-electron chi connectivity index (χ2n) is 7.20. The molecule has 1 aliphatic heterocycles. The van der Waals surface area contributed by atoms with Crippen LogP contribution in [0.15, 0.2) is 53.5 Å². The fourth-order valence-corrected chi connectivity index (χ4v) is 3.43. The van der Waals surface area contributed by atoms with Gasteiger partial charge < -0.3 is 26.2 Å². The number of benzene rings is 2. The maximum Gasteiger partial charge on any atom is 0.343 e. The number of carbonyl (C=O) groups excluding carboxylic acids is 2. The summed E-state index contributed by atoms with van der Waals surface area (Å²) in [5, 5.41) is 9.20. The Hall–Kier alpha value is -3.88. The predicted octanol–water partition coefficient (Wildman–Crippen LogP) is 1.82. The van der Waals surface area contributed by atoms with Crippen LogP contribution in [0.3, 0.4) is 0 Å². The molecule has 2 aromatic rings. The van der Waals surface area contributed by atoms with Crippen LogP contribution >= 0.6 is 0 Å². The molecule has 3 rings (SSSR count). The second-order valence-corrected chi connectivity index (χ2v) is 7.20. The zero-order valence-electron chi connectivity index (χ0n) is 16.9. The van der Waals surface area contributed by atoms with Gasteiger partial charge in [-0.15, -0.1) is 0 Å². The van der Waals surface area contributed by atoms with Crippen LogP contribution in [0, 0.1) is 0 Å². The van der Waals surface area contributed by atoms with Crippen molar-refractivity contribution in [1.82, 2.24) is 4.90 Å². The summed E-state index contributed by atoms with van der Waals surface area (Å²) in [6.45, 7) is 0.484. The molecule has 0 radical (unpaired) electrons. The molecule has 9 nitrogen and oxygen atoms in total. The quantitative estimate of drug-likeness (QED) is 0.266. The average molecular weight is 424 g/mol. The topological polar surface area (TPSA) is 148 Å². The van der Waals surface area contributed by atoms with Crippen LogP contribution in [0.2, 0.25) is 0 Å². The highest BCUT2D eigenvalue weighted by atomic mass is 16.5. The van der Waals surface area contributed by atoms with E-state index in [0.29, 0.717) is 42.8 Å². The summed E-state index contributed by atoms with van der Waals surface area (Å²) in [5.41, 5.74) is 12.4. The van der Waals surface area contributed by atoms with Crippen LogP contribution < -0.4 is 16.2 Å². The Kier molecular flexibility index (Phi) is 6.86. The summed E-state index contributed by atoms with van der Waals surface area (Å²) in [5.74, 6) is -1.33. The van der Waals surface area contributed by atoms with E-state index in [-0.39, 0.29) is 18.3 Å². The SMILES string of the molecule is NC(N)=Nc1ccc(C(=O)Oc2ccc(CCC(=O)N3CCC[C@@H]3C(=O)O)cc2)cc1. The molecular formula is C22H24N4O5. The predicted molar refractivity (Wildman–Crippen MR) is 114 cm³/mol. The van der Waals surface area contributed by atoms with Gasteiger partial charge in [-0.25, -0.2) is 14.6 Å². The Morgan fingerprint density at radius 1 is 1.06 bits per heavy atom. The van der Waals surface area contributed by atoms with Crippen molar-refractivity contribution in [1.29, 1.82) is 0 Å². The number of amides is 1. The van der Waals surface area contributed by atoms with Crippen molar-refractivity contribution in [2.75, 3.05) is 6.54 Å². The molecule has 5 N–H and O–H groups in total. The first-order valence-corrected chi connectivity index (χ1v) is 9.86. The van der Waals surface area contributed by atoms with Crippen LogP contribution in [-0.4, -0.2) is 46.4 Å². The molecular weight excluding hydrogens is 400 g/mol. The number of carboxylic acid groups (broad SMARTS) is 1. The number of nitrogens with zero attached hydrogens (tertiary/aromatic N) is 2. The van der Waals surface area contributed by atoms with E-state index in [4.69, 9.17) is 16.2 Å². The number of rotatable bonds is 7. The van der Waals surface area contributed by atoms with E-state index in [1.54, 1.807) is 48.5 Å². The summed E-state index contributed by atoms with van der Waals surface area (Å²) in [6, 6.07) is 12.5. The molecule has 162 valence electrons. The lowest BCUT2D eigenvalue weighted by atomic mass is 10.1. The van der Waals surface area contributed by atoms with Gasteiger partial charge in [0.2, 0.25) is 5.91 Å². The summed E-state index contributed by atoms with van der Waals surface area (Å²) >= 11 is 0. The van der Waals surface area contributed by atoms with Gasteiger partial charge >= 0.3 is 11.9 Å². The van der Waals surface area contributed by atoms with Gasteiger partial charge in [-0.05, 0) is 61.2 Å². The van der Waals surface area contributed by atoms with Crippen LogP contribution in [0.4, 0.5) is 5.69 Å². The first-order chi connectivity index (χ1) is 14.8. The lowest BCUT2D eigenvalue weighted by molar-refractivity contribution is -0.148. The number of likely N-dealkylation sites (tertiary alicyclic amines) is 1. The fourth-order valence-electron chi connectivity index (χ4n) is 3.43. The Bertz CT molecular complexity index is 982. The van der Waals surface area contributed by atoms with Crippen molar-refractivity contribution >= 4 is 29.5 Å². The molecule has 2 aromatic carbocycles. The minimum atomic E-state index is -0.956. The minimum Gasteiger partial charge on any atom is -0.480 e. The number of esters is 1. The van der Waals surface area contributed by atoms with E-state index in [1.165, 1.54) is 4.90 Å². The van der Waals surface area contributed by atoms with Crippen molar-refractivity contribution in [3.05, 3.63) is 59.7 Å². The number of aryl methyl sites for hydroxylation is 1. The van der Waals surface area contributed by atoms with Crippen molar-refractivity contribution in [2.45, 2.75) is 31.7 Å². The molecule has 1 aliphatic rings. The molecule has 0 spiro atoms. The minimum absolute atomic E-state index is 0.0701. The summed E-state index contributed by atoms with van der Waals surface area (Å²) < 4.78 is 5.36. The molecule has 1 heterocycles. The molecule has 0 saturated carbocycles. The third-order valence-electron chi connectivity index (χ3n) is 4.98. The summed E-state index contributed by atoms with van der Waals surface area (Å²) in [6.07, 6.45) is 1.91. The Morgan fingerprint density at radius 2 is 1.74 bits per heavy atom. The number of ether oxygens (including phenoxy) is 1. The lowest BCUT2D eigenvalue weighted by Gasteiger charge is -2.21. The van der Waals surface area contributed by atoms with Crippen molar-refractivity contribution < 1.29 is 24.2 Å². The summed E-state index contributed by atoms with van der Waals surface area (Å²) in [4.78, 5) is 41.2. The van der Waals surface area contributed by atoms with E-state index in [0.717, 1.165) is 5.56 Å². The van der Waals surface area contributed by atoms with Crippen molar-refractivity contribution in [3.63, 3.8) is 0 Å². The third-order valence-corrected chi connectivity index (χ3v) is 4.98. The Labute approximate surface area is 179 Å². The lowest BCUT2D eigenvalue weighted by Crippen LogP contribution is -2.40. The zero-order chi connectivity index (χ0) is 22.4. The van der Waals surface area contributed by atoms with E-state index in [1.807, 2.05) is 0 Å². The van der Waals surface area contributed by atoms with Crippen LogP contribution in [-0.2, 0) is 16.0 Å². The molecule has 1 atom stereocenters. The van der Waals surface area contributed by atoms with Crippen molar-refractivity contribution in [3.8, 4) is 5.75 Å².